The van der Waals surface area contributed by atoms with E-state index in [0.717, 1.165) is 30.5 Å². The van der Waals surface area contributed by atoms with Crippen molar-refractivity contribution in [1.82, 2.24) is 0 Å². The van der Waals surface area contributed by atoms with Crippen LogP contribution in [-0.2, 0) is 0 Å². The van der Waals surface area contributed by atoms with Gasteiger partial charge in [0.15, 0.2) is 0 Å². The predicted octanol–water partition coefficient (Wildman–Crippen LogP) is 6.78. The van der Waals surface area contributed by atoms with Gasteiger partial charge in [-0.05, 0) is 67.6 Å². The number of unbranched alkanes of at least 4 members (excludes halogenated alkanes) is 1. The van der Waals surface area contributed by atoms with E-state index in [9.17, 15) is 0 Å². The number of benzene rings is 2. The highest BCUT2D eigenvalue weighted by Crippen LogP contribution is 2.42. The fourth-order valence-electron chi connectivity index (χ4n) is 3.83. The van der Waals surface area contributed by atoms with Crippen LogP contribution in [0.1, 0.15) is 64.0 Å². The molecule has 0 amide bonds. The Hall–Kier alpha value is -2.15. The van der Waals surface area contributed by atoms with Crippen molar-refractivity contribution in [2.45, 2.75) is 52.9 Å². The van der Waals surface area contributed by atoms with Crippen molar-refractivity contribution in [2.24, 2.45) is 0 Å². The molecular formula is C23H27N. The SMILES string of the molecule is CCCCC(=N)c1cc2ccccc2cc1C1C(C)=CC(C)=C1C. The van der Waals surface area contributed by atoms with Gasteiger partial charge in [0.05, 0.1) is 0 Å². The predicted molar refractivity (Wildman–Crippen MR) is 105 cm³/mol. The van der Waals surface area contributed by atoms with Crippen LogP contribution in [-0.4, -0.2) is 5.71 Å². The standard InChI is InChI=1S/C23H27N/c1-5-6-11-22(24)20-13-18-9-7-8-10-19(18)14-21(20)23-16(3)12-15(2)17(23)4/h7-10,12-14,23-24H,5-6,11H2,1-4H3. The Morgan fingerprint density at radius 3 is 2.29 bits per heavy atom. The van der Waals surface area contributed by atoms with Crippen LogP contribution in [0.4, 0.5) is 0 Å². The van der Waals surface area contributed by atoms with Crippen LogP contribution < -0.4 is 0 Å². The van der Waals surface area contributed by atoms with Crippen molar-refractivity contribution >= 4 is 16.5 Å². The Balaban J connectivity index is 2.17. The molecule has 0 fully saturated rings. The smallest absolute Gasteiger partial charge is 0.0389 e. The van der Waals surface area contributed by atoms with Gasteiger partial charge in [0.1, 0.15) is 0 Å². The summed E-state index contributed by atoms with van der Waals surface area (Å²) in [6, 6.07) is 13.1. The van der Waals surface area contributed by atoms with E-state index in [1.807, 2.05) is 0 Å². The third kappa shape index (κ3) is 2.96. The normalized spacial score (nSPS) is 17.5. The Kier molecular flexibility index (Phi) is 4.71. The second-order valence-corrected chi connectivity index (χ2v) is 7.06. The molecule has 1 unspecified atom stereocenters. The molecule has 124 valence electrons. The molecule has 0 spiro atoms. The average Bonchev–Trinajstić information content (AvgIpc) is 2.83. The topological polar surface area (TPSA) is 23.9 Å². The molecule has 0 saturated heterocycles. The van der Waals surface area contributed by atoms with Crippen LogP contribution in [0.5, 0.6) is 0 Å². The van der Waals surface area contributed by atoms with Crippen molar-refractivity contribution < 1.29 is 0 Å². The van der Waals surface area contributed by atoms with Crippen LogP contribution in [0.25, 0.3) is 10.8 Å². The van der Waals surface area contributed by atoms with Gasteiger partial charge in [-0.3, -0.25) is 0 Å². The summed E-state index contributed by atoms with van der Waals surface area (Å²) >= 11 is 0. The van der Waals surface area contributed by atoms with Crippen molar-refractivity contribution in [3.8, 4) is 0 Å². The summed E-state index contributed by atoms with van der Waals surface area (Å²) in [4.78, 5) is 0. The third-order valence-electron chi connectivity index (χ3n) is 5.29. The van der Waals surface area contributed by atoms with Gasteiger partial charge in [-0.25, -0.2) is 0 Å². The molecule has 2 aromatic carbocycles. The number of rotatable bonds is 5. The maximum atomic E-state index is 8.66. The number of hydrogen-bond acceptors (Lipinski definition) is 1. The zero-order valence-electron chi connectivity index (χ0n) is 15.2. The quantitative estimate of drug-likeness (QED) is 0.588. The molecule has 0 radical (unpaired) electrons. The fraction of sp³-hybridized carbons (Fsp3) is 0.348. The van der Waals surface area contributed by atoms with E-state index in [1.165, 1.54) is 33.1 Å². The minimum Gasteiger partial charge on any atom is -0.305 e. The summed E-state index contributed by atoms with van der Waals surface area (Å²) in [5, 5.41) is 11.2. The van der Waals surface area contributed by atoms with Crippen LogP contribution in [0, 0.1) is 5.41 Å². The summed E-state index contributed by atoms with van der Waals surface area (Å²) in [5.74, 6) is 0.326. The number of nitrogens with one attached hydrogen (secondary N) is 1. The Bertz CT molecular complexity index is 851. The van der Waals surface area contributed by atoms with Gasteiger partial charge in [-0.1, -0.05) is 60.4 Å². The highest BCUT2D eigenvalue weighted by Gasteiger charge is 2.25. The van der Waals surface area contributed by atoms with Gasteiger partial charge in [-0.2, -0.15) is 0 Å². The van der Waals surface area contributed by atoms with E-state index in [1.54, 1.807) is 0 Å². The van der Waals surface area contributed by atoms with Gasteiger partial charge in [0.25, 0.3) is 0 Å². The second-order valence-electron chi connectivity index (χ2n) is 7.06. The summed E-state index contributed by atoms with van der Waals surface area (Å²) in [6.07, 6.45) is 5.37. The summed E-state index contributed by atoms with van der Waals surface area (Å²) in [5.41, 5.74) is 7.41. The summed E-state index contributed by atoms with van der Waals surface area (Å²) in [7, 11) is 0. The molecule has 2 aromatic rings. The fourth-order valence-corrected chi connectivity index (χ4v) is 3.83. The van der Waals surface area contributed by atoms with Crippen molar-refractivity contribution in [1.29, 1.82) is 5.41 Å². The second kappa shape index (κ2) is 6.76. The molecule has 0 heterocycles. The van der Waals surface area contributed by atoms with Gasteiger partial charge >= 0.3 is 0 Å². The number of fused-ring (bicyclic) bond motifs is 1. The molecule has 1 N–H and O–H groups in total. The summed E-state index contributed by atoms with van der Waals surface area (Å²) in [6.45, 7) is 8.84. The highest BCUT2D eigenvalue weighted by atomic mass is 14.4. The maximum absolute atomic E-state index is 8.66. The minimum absolute atomic E-state index is 0.326. The lowest BCUT2D eigenvalue weighted by atomic mass is 9.83. The molecule has 1 atom stereocenters. The molecular weight excluding hydrogens is 290 g/mol. The molecule has 1 nitrogen and oxygen atoms in total. The van der Waals surface area contributed by atoms with E-state index in [0.29, 0.717) is 5.92 Å². The van der Waals surface area contributed by atoms with Crippen molar-refractivity contribution in [3.05, 3.63) is 70.3 Å². The first-order valence-corrected chi connectivity index (χ1v) is 8.99. The lowest BCUT2D eigenvalue weighted by Crippen LogP contribution is -2.09. The molecule has 24 heavy (non-hydrogen) atoms. The lowest BCUT2D eigenvalue weighted by molar-refractivity contribution is 0.831. The molecule has 1 heteroatoms. The molecule has 0 aromatic heterocycles. The van der Waals surface area contributed by atoms with Gasteiger partial charge in [-0.15, -0.1) is 0 Å². The number of hydrogen-bond donors (Lipinski definition) is 1. The van der Waals surface area contributed by atoms with E-state index >= 15 is 0 Å². The minimum atomic E-state index is 0.326. The molecule has 1 aliphatic rings. The lowest BCUT2D eigenvalue weighted by Gasteiger charge is -2.21. The Morgan fingerprint density at radius 1 is 1.04 bits per heavy atom. The molecule has 0 bridgehead atoms. The van der Waals surface area contributed by atoms with E-state index in [4.69, 9.17) is 5.41 Å². The monoisotopic (exact) mass is 317 g/mol. The van der Waals surface area contributed by atoms with Gasteiger partial charge in [0.2, 0.25) is 0 Å². The largest absolute Gasteiger partial charge is 0.305 e. The maximum Gasteiger partial charge on any atom is 0.0389 e. The van der Waals surface area contributed by atoms with Gasteiger partial charge in [0, 0.05) is 11.6 Å². The summed E-state index contributed by atoms with van der Waals surface area (Å²) < 4.78 is 0. The van der Waals surface area contributed by atoms with E-state index in [2.05, 4.69) is 70.2 Å². The van der Waals surface area contributed by atoms with Crippen LogP contribution in [0.3, 0.4) is 0 Å². The van der Waals surface area contributed by atoms with E-state index in [-0.39, 0.29) is 0 Å². The Labute approximate surface area is 145 Å². The highest BCUT2D eigenvalue weighted by molar-refractivity contribution is 6.03. The molecule has 3 rings (SSSR count). The van der Waals surface area contributed by atoms with Gasteiger partial charge < -0.3 is 5.41 Å². The molecule has 1 aliphatic carbocycles. The first-order chi connectivity index (χ1) is 11.5. The van der Waals surface area contributed by atoms with Crippen molar-refractivity contribution in [3.63, 3.8) is 0 Å². The van der Waals surface area contributed by atoms with Crippen LogP contribution in [0.2, 0.25) is 0 Å². The average molecular weight is 317 g/mol. The number of allylic oxidation sites excluding steroid dienone is 4. The molecule has 0 saturated carbocycles. The third-order valence-corrected chi connectivity index (χ3v) is 5.29. The first kappa shape index (κ1) is 16.7. The van der Waals surface area contributed by atoms with Crippen molar-refractivity contribution in [2.75, 3.05) is 0 Å². The zero-order valence-corrected chi connectivity index (χ0v) is 15.2. The van der Waals surface area contributed by atoms with E-state index < -0.39 is 0 Å². The molecule has 0 aliphatic heterocycles. The zero-order chi connectivity index (χ0) is 17.3. The van der Waals surface area contributed by atoms with Crippen LogP contribution in [0.15, 0.2) is 59.2 Å². The Morgan fingerprint density at radius 2 is 1.71 bits per heavy atom. The van der Waals surface area contributed by atoms with Crippen LogP contribution >= 0.6 is 0 Å². The first-order valence-electron chi connectivity index (χ1n) is 8.99.